The van der Waals surface area contributed by atoms with Gasteiger partial charge in [-0.15, -0.1) is 0 Å². The van der Waals surface area contributed by atoms with E-state index < -0.39 is 18.1 Å². The Bertz CT molecular complexity index is 1070. The smallest absolute Gasteiger partial charge is 0.407 e. The maximum absolute atomic E-state index is 12.6. The molecule has 3 atom stereocenters. The summed E-state index contributed by atoms with van der Waals surface area (Å²) in [6, 6.07) is 15.1. The van der Waals surface area contributed by atoms with Gasteiger partial charge in [-0.1, -0.05) is 48.5 Å². The average molecular weight is 481 g/mol. The van der Waals surface area contributed by atoms with Crippen molar-refractivity contribution in [2.75, 3.05) is 33.0 Å². The number of nitrogens with zero attached hydrogens (tertiary/aromatic N) is 1. The van der Waals surface area contributed by atoms with Gasteiger partial charge in [0.1, 0.15) is 19.3 Å². The molecule has 1 aliphatic carbocycles. The highest BCUT2D eigenvalue weighted by atomic mass is 16.5. The van der Waals surface area contributed by atoms with Crippen LogP contribution < -0.4 is 5.32 Å². The first-order valence-electron chi connectivity index (χ1n) is 11.9. The van der Waals surface area contributed by atoms with Crippen LogP contribution in [0.5, 0.6) is 0 Å². The van der Waals surface area contributed by atoms with E-state index in [1.807, 2.05) is 24.3 Å². The molecule has 0 aromatic heterocycles. The van der Waals surface area contributed by atoms with Gasteiger partial charge >= 0.3 is 12.1 Å². The van der Waals surface area contributed by atoms with E-state index in [4.69, 9.17) is 14.2 Å². The molecule has 2 aromatic carbocycles. The van der Waals surface area contributed by atoms with Crippen molar-refractivity contribution < 1.29 is 33.7 Å². The van der Waals surface area contributed by atoms with E-state index in [-0.39, 0.29) is 50.3 Å². The molecule has 35 heavy (non-hydrogen) atoms. The molecule has 9 nitrogen and oxygen atoms in total. The van der Waals surface area contributed by atoms with Crippen LogP contribution in [0.2, 0.25) is 0 Å². The number of rotatable bonds is 8. The zero-order chi connectivity index (χ0) is 24.4. The van der Waals surface area contributed by atoms with Crippen molar-refractivity contribution in [2.45, 2.75) is 36.9 Å². The number of nitrogens with one attached hydrogen (secondary N) is 1. The first-order valence-corrected chi connectivity index (χ1v) is 11.9. The SMILES string of the molecule is O=C(NCCOCC(=O)N1C(C(=O)O)C[C@H]2OCC[C@H]21)OCC1c2ccccc2-c2ccccc21. The first kappa shape index (κ1) is 23.3. The normalized spacial score (nSPS) is 22.4. The lowest BCUT2D eigenvalue weighted by atomic mass is 9.98. The molecule has 2 heterocycles. The lowest BCUT2D eigenvalue weighted by molar-refractivity contribution is -0.151. The number of carboxylic acids is 1. The van der Waals surface area contributed by atoms with Gasteiger partial charge < -0.3 is 29.5 Å². The molecule has 2 saturated heterocycles. The quantitative estimate of drug-likeness (QED) is 0.558. The van der Waals surface area contributed by atoms with Gasteiger partial charge in [0.05, 0.1) is 18.8 Å². The number of fused-ring (bicyclic) bond motifs is 4. The summed E-state index contributed by atoms with van der Waals surface area (Å²) in [6.45, 7) is 0.763. The van der Waals surface area contributed by atoms with Crippen LogP contribution in [0.3, 0.4) is 0 Å². The van der Waals surface area contributed by atoms with E-state index in [0.717, 1.165) is 22.3 Å². The molecule has 1 unspecified atom stereocenters. The molecular formula is C26H28N2O7. The second-order valence-corrected chi connectivity index (χ2v) is 8.96. The number of hydrogen-bond acceptors (Lipinski definition) is 6. The number of carboxylic acid groups (broad SMARTS) is 1. The summed E-state index contributed by atoms with van der Waals surface area (Å²) in [5, 5.41) is 12.1. The second kappa shape index (κ2) is 10.1. The number of likely N-dealkylation sites (tertiary alicyclic amines) is 1. The molecule has 0 radical (unpaired) electrons. The van der Waals surface area contributed by atoms with Gasteiger partial charge in [-0.2, -0.15) is 0 Å². The summed E-state index contributed by atoms with van der Waals surface area (Å²) in [5.74, 6) is -1.43. The van der Waals surface area contributed by atoms with Gasteiger partial charge in [0.25, 0.3) is 0 Å². The van der Waals surface area contributed by atoms with Gasteiger partial charge in [-0.25, -0.2) is 9.59 Å². The molecule has 184 valence electrons. The molecule has 2 fully saturated rings. The van der Waals surface area contributed by atoms with E-state index in [2.05, 4.69) is 29.6 Å². The maximum Gasteiger partial charge on any atom is 0.407 e. The topological polar surface area (TPSA) is 114 Å². The van der Waals surface area contributed by atoms with Crippen molar-refractivity contribution in [2.24, 2.45) is 0 Å². The van der Waals surface area contributed by atoms with E-state index in [9.17, 15) is 19.5 Å². The number of benzene rings is 2. The summed E-state index contributed by atoms with van der Waals surface area (Å²) in [6.07, 6.45) is 0.145. The highest BCUT2D eigenvalue weighted by Crippen LogP contribution is 2.44. The van der Waals surface area contributed by atoms with E-state index in [0.29, 0.717) is 19.4 Å². The van der Waals surface area contributed by atoms with Gasteiger partial charge in [0.15, 0.2) is 0 Å². The third-order valence-corrected chi connectivity index (χ3v) is 6.98. The predicted octanol–water partition coefficient (Wildman–Crippen LogP) is 2.38. The number of ether oxygens (including phenoxy) is 3. The van der Waals surface area contributed by atoms with Crippen LogP contribution >= 0.6 is 0 Å². The van der Waals surface area contributed by atoms with Crippen LogP contribution in [-0.2, 0) is 23.8 Å². The van der Waals surface area contributed by atoms with Crippen LogP contribution in [0, 0.1) is 0 Å². The zero-order valence-electron chi connectivity index (χ0n) is 19.2. The lowest BCUT2D eigenvalue weighted by Gasteiger charge is -2.26. The molecule has 2 aliphatic heterocycles. The average Bonchev–Trinajstić information content (AvgIpc) is 3.54. The molecule has 3 aliphatic rings. The summed E-state index contributed by atoms with van der Waals surface area (Å²) in [5.41, 5.74) is 4.60. The minimum absolute atomic E-state index is 0.0203. The minimum Gasteiger partial charge on any atom is -0.480 e. The van der Waals surface area contributed by atoms with E-state index in [1.54, 1.807) is 0 Å². The Morgan fingerprint density at radius 2 is 1.74 bits per heavy atom. The number of carbonyl (C=O) groups is 3. The van der Waals surface area contributed by atoms with Crippen LogP contribution in [0.4, 0.5) is 4.79 Å². The Balaban J connectivity index is 1.06. The molecule has 9 heteroatoms. The maximum atomic E-state index is 12.6. The predicted molar refractivity (Wildman–Crippen MR) is 125 cm³/mol. The van der Waals surface area contributed by atoms with Crippen molar-refractivity contribution >= 4 is 18.0 Å². The Hall–Kier alpha value is -3.43. The standard InChI is InChI=1S/C26H28N2O7/c29-24(28-21-9-11-34-23(21)13-22(28)25(30)31)15-33-12-10-27-26(32)35-14-20-18-7-3-1-5-16(18)17-6-2-4-8-19(17)20/h1-8,20-23H,9-15H2,(H,27,32)(H,30,31)/t21-,22?,23-/m1/s1. The number of amides is 2. The van der Waals surface area contributed by atoms with Crippen molar-refractivity contribution in [3.8, 4) is 11.1 Å². The third-order valence-electron chi connectivity index (χ3n) is 6.98. The summed E-state index contributed by atoms with van der Waals surface area (Å²) in [4.78, 5) is 37.8. The Labute approximate surface area is 203 Å². The summed E-state index contributed by atoms with van der Waals surface area (Å²) < 4.78 is 16.4. The first-order chi connectivity index (χ1) is 17.0. The van der Waals surface area contributed by atoms with Gasteiger partial charge in [-0.3, -0.25) is 4.79 Å². The molecule has 2 amide bonds. The Morgan fingerprint density at radius 1 is 1.06 bits per heavy atom. The highest BCUT2D eigenvalue weighted by Gasteiger charge is 2.49. The van der Waals surface area contributed by atoms with Crippen LogP contribution in [-0.4, -0.2) is 79.1 Å². The van der Waals surface area contributed by atoms with Crippen molar-refractivity contribution in [3.05, 3.63) is 59.7 Å². The van der Waals surface area contributed by atoms with Crippen LogP contribution in [0.1, 0.15) is 29.9 Å². The number of aliphatic carboxylic acids is 1. The zero-order valence-corrected chi connectivity index (χ0v) is 19.2. The Morgan fingerprint density at radius 3 is 2.43 bits per heavy atom. The largest absolute Gasteiger partial charge is 0.480 e. The number of carbonyl (C=O) groups excluding carboxylic acids is 2. The fraction of sp³-hybridized carbons (Fsp3) is 0.423. The molecule has 0 bridgehead atoms. The third kappa shape index (κ3) is 4.61. The number of hydrogen-bond donors (Lipinski definition) is 2. The highest BCUT2D eigenvalue weighted by molar-refractivity contribution is 5.85. The van der Waals surface area contributed by atoms with Gasteiger partial charge in [0.2, 0.25) is 5.91 Å². The fourth-order valence-electron chi connectivity index (χ4n) is 5.43. The monoisotopic (exact) mass is 480 g/mol. The molecule has 2 N–H and O–H groups in total. The minimum atomic E-state index is -1.03. The van der Waals surface area contributed by atoms with Crippen molar-refractivity contribution in [1.29, 1.82) is 0 Å². The van der Waals surface area contributed by atoms with Crippen LogP contribution in [0.25, 0.3) is 11.1 Å². The fourth-order valence-corrected chi connectivity index (χ4v) is 5.43. The summed E-state index contributed by atoms with van der Waals surface area (Å²) >= 11 is 0. The molecular weight excluding hydrogens is 452 g/mol. The molecule has 2 aromatic rings. The lowest BCUT2D eigenvalue weighted by Crippen LogP contribution is -2.47. The van der Waals surface area contributed by atoms with Crippen molar-refractivity contribution in [1.82, 2.24) is 10.2 Å². The van der Waals surface area contributed by atoms with Crippen molar-refractivity contribution in [3.63, 3.8) is 0 Å². The van der Waals surface area contributed by atoms with E-state index >= 15 is 0 Å². The van der Waals surface area contributed by atoms with Crippen LogP contribution in [0.15, 0.2) is 48.5 Å². The molecule has 0 saturated carbocycles. The number of alkyl carbamates (subject to hydrolysis) is 1. The Kier molecular flexibility index (Phi) is 6.70. The molecule has 5 rings (SSSR count). The second-order valence-electron chi connectivity index (χ2n) is 8.96. The molecule has 0 spiro atoms. The van der Waals surface area contributed by atoms with E-state index in [1.165, 1.54) is 4.90 Å². The summed E-state index contributed by atoms with van der Waals surface area (Å²) in [7, 11) is 0. The van der Waals surface area contributed by atoms with Gasteiger partial charge in [-0.05, 0) is 28.7 Å². The van der Waals surface area contributed by atoms with Gasteiger partial charge in [0, 0.05) is 25.5 Å².